The Bertz CT molecular complexity index is 1050. The molecule has 0 heterocycles. The highest BCUT2D eigenvalue weighted by Gasteiger charge is 2.31. The Morgan fingerprint density at radius 2 is 1.31 bits per heavy atom. The lowest BCUT2D eigenvalue weighted by Crippen LogP contribution is -2.25. The maximum Gasteiger partial charge on any atom is 0.341 e. The van der Waals surface area contributed by atoms with E-state index < -0.39 is 40.9 Å². The summed E-state index contributed by atoms with van der Waals surface area (Å²) in [6.07, 6.45) is 7.83. The lowest BCUT2D eigenvalue weighted by atomic mass is 9.76. The minimum atomic E-state index is -1.21. The van der Waals surface area contributed by atoms with Gasteiger partial charge in [-0.05, 0) is 98.8 Å². The quantitative estimate of drug-likeness (QED) is 0.300. The van der Waals surface area contributed by atoms with E-state index in [1.165, 1.54) is 25.5 Å². The molecule has 0 spiro atoms. The zero-order chi connectivity index (χ0) is 25.1. The number of benzene rings is 2. The molecule has 2 aliphatic rings. The highest BCUT2D eigenvalue weighted by Crippen LogP contribution is 2.41. The first-order valence-electron chi connectivity index (χ1n) is 12.9. The Morgan fingerprint density at radius 1 is 0.771 bits per heavy atom. The van der Waals surface area contributed by atoms with E-state index in [0.29, 0.717) is 42.7 Å². The summed E-state index contributed by atoms with van der Waals surface area (Å²) in [4.78, 5) is 12.4. The normalized spacial score (nSPS) is 24.9. The van der Waals surface area contributed by atoms with Crippen LogP contribution in [-0.2, 0) is 4.74 Å². The minimum Gasteiger partial charge on any atom is -0.459 e. The highest BCUT2D eigenvalue weighted by atomic mass is 19.2. The van der Waals surface area contributed by atoms with Crippen molar-refractivity contribution in [2.45, 2.75) is 96.0 Å². The average Bonchev–Trinajstić information content (AvgIpc) is 2.86. The molecule has 0 atom stereocenters. The van der Waals surface area contributed by atoms with Crippen molar-refractivity contribution in [1.82, 2.24) is 0 Å². The Kier molecular flexibility index (Phi) is 8.18. The Balaban J connectivity index is 1.36. The first-order chi connectivity index (χ1) is 16.8. The van der Waals surface area contributed by atoms with E-state index in [1.807, 2.05) is 0 Å². The number of halogens is 4. The van der Waals surface area contributed by atoms with Gasteiger partial charge in [0.15, 0.2) is 23.3 Å². The van der Waals surface area contributed by atoms with Crippen molar-refractivity contribution in [3.05, 3.63) is 69.8 Å². The fraction of sp³-hybridized carbons (Fsp3) is 0.552. The third kappa shape index (κ3) is 5.57. The molecule has 2 aromatic rings. The summed E-state index contributed by atoms with van der Waals surface area (Å²) >= 11 is 0. The van der Waals surface area contributed by atoms with Crippen LogP contribution in [0.1, 0.15) is 110 Å². The molecule has 0 amide bonds. The minimum absolute atomic E-state index is 0.0776. The van der Waals surface area contributed by atoms with E-state index in [9.17, 15) is 13.6 Å². The second-order valence-electron chi connectivity index (χ2n) is 10.3. The SMILES string of the molecule is CCCC1CCC(c2ccc(C3CCC(OC(=O)c4ccc(C)c(F)c4F)CC3)c(F)c2F)CC1. The van der Waals surface area contributed by atoms with Crippen molar-refractivity contribution in [2.24, 2.45) is 5.92 Å². The van der Waals surface area contributed by atoms with E-state index in [-0.39, 0.29) is 17.4 Å². The summed E-state index contributed by atoms with van der Waals surface area (Å²) in [7, 11) is 0. The molecule has 2 fully saturated rings. The first-order valence-corrected chi connectivity index (χ1v) is 12.9. The molecule has 2 nitrogen and oxygen atoms in total. The van der Waals surface area contributed by atoms with Crippen molar-refractivity contribution < 1.29 is 27.1 Å². The number of aryl methyl sites for hydroxylation is 1. The van der Waals surface area contributed by atoms with Gasteiger partial charge in [0.2, 0.25) is 0 Å². The third-order valence-electron chi connectivity index (χ3n) is 8.01. The van der Waals surface area contributed by atoms with Gasteiger partial charge in [-0.15, -0.1) is 0 Å². The second kappa shape index (κ2) is 11.1. The molecule has 0 N–H and O–H groups in total. The van der Waals surface area contributed by atoms with Gasteiger partial charge in [-0.25, -0.2) is 22.4 Å². The predicted octanol–water partition coefficient (Wildman–Crippen LogP) is 8.51. The van der Waals surface area contributed by atoms with Crippen LogP contribution in [0, 0.1) is 36.1 Å². The Labute approximate surface area is 205 Å². The summed E-state index contributed by atoms with van der Waals surface area (Å²) in [6.45, 7) is 3.60. The Hall–Kier alpha value is -2.37. The zero-order valence-electron chi connectivity index (χ0n) is 20.5. The van der Waals surface area contributed by atoms with E-state index in [1.54, 1.807) is 12.1 Å². The van der Waals surface area contributed by atoms with Gasteiger partial charge in [0.25, 0.3) is 0 Å². The van der Waals surface area contributed by atoms with E-state index in [0.717, 1.165) is 32.1 Å². The van der Waals surface area contributed by atoms with Crippen molar-refractivity contribution in [3.8, 4) is 0 Å². The van der Waals surface area contributed by atoms with E-state index in [2.05, 4.69) is 6.92 Å². The van der Waals surface area contributed by atoms with Crippen LogP contribution in [0.3, 0.4) is 0 Å². The van der Waals surface area contributed by atoms with Crippen LogP contribution in [0.15, 0.2) is 24.3 Å². The number of carbonyl (C=O) groups is 1. The van der Waals surface area contributed by atoms with Crippen LogP contribution >= 0.6 is 0 Å². The largest absolute Gasteiger partial charge is 0.459 e. The third-order valence-corrected chi connectivity index (χ3v) is 8.01. The molecule has 35 heavy (non-hydrogen) atoms. The molecule has 0 saturated heterocycles. The van der Waals surface area contributed by atoms with E-state index >= 15 is 8.78 Å². The number of hydrogen-bond donors (Lipinski definition) is 0. The van der Waals surface area contributed by atoms with Crippen molar-refractivity contribution in [3.63, 3.8) is 0 Å². The van der Waals surface area contributed by atoms with Gasteiger partial charge >= 0.3 is 5.97 Å². The molecular formula is C29H34F4O2. The predicted molar refractivity (Wildman–Crippen MR) is 127 cm³/mol. The summed E-state index contributed by atoms with van der Waals surface area (Å²) in [5.41, 5.74) is 0.560. The Morgan fingerprint density at radius 3 is 1.86 bits per heavy atom. The first kappa shape index (κ1) is 25.7. The molecule has 2 saturated carbocycles. The molecule has 2 aliphatic carbocycles. The maximum absolute atomic E-state index is 15.1. The van der Waals surface area contributed by atoms with Crippen LogP contribution in [-0.4, -0.2) is 12.1 Å². The molecule has 0 radical (unpaired) electrons. The highest BCUT2D eigenvalue weighted by molar-refractivity contribution is 5.90. The average molecular weight is 491 g/mol. The fourth-order valence-electron chi connectivity index (χ4n) is 5.89. The van der Waals surface area contributed by atoms with Gasteiger partial charge in [0, 0.05) is 0 Å². The standard InChI is InChI=1S/C29H34F4O2/c1-3-4-18-6-8-19(9-7-18)22-15-16-23(27(32)26(22)31)20-10-12-21(13-11-20)35-29(34)24-14-5-17(2)25(30)28(24)33/h5,14-16,18-21H,3-4,6-13H2,1-2H3. The molecule has 0 aliphatic heterocycles. The summed E-state index contributed by atoms with van der Waals surface area (Å²) in [6, 6.07) is 6.05. The molecular weight excluding hydrogens is 456 g/mol. The van der Waals surface area contributed by atoms with Crippen molar-refractivity contribution in [2.75, 3.05) is 0 Å². The fourth-order valence-corrected chi connectivity index (χ4v) is 5.89. The van der Waals surface area contributed by atoms with Crippen LogP contribution in [0.5, 0.6) is 0 Å². The molecule has 0 bridgehead atoms. The summed E-state index contributed by atoms with van der Waals surface area (Å²) in [5.74, 6) is -4.02. The lowest BCUT2D eigenvalue weighted by Gasteiger charge is -2.31. The van der Waals surface area contributed by atoms with Crippen LogP contribution in [0.2, 0.25) is 0 Å². The molecule has 0 unspecified atom stereocenters. The monoisotopic (exact) mass is 490 g/mol. The summed E-state index contributed by atoms with van der Waals surface area (Å²) in [5, 5.41) is 0. The van der Waals surface area contributed by atoms with Crippen molar-refractivity contribution in [1.29, 1.82) is 0 Å². The number of carbonyl (C=O) groups excluding carboxylic acids is 1. The van der Waals surface area contributed by atoms with Gasteiger partial charge in [-0.1, -0.05) is 38.0 Å². The topological polar surface area (TPSA) is 26.3 Å². The maximum atomic E-state index is 15.1. The number of ether oxygens (including phenoxy) is 1. The molecule has 2 aromatic carbocycles. The summed E-state index contributed by atoms with van der Waals surface area (Å²) < 4.78 is 63.5. The molecule has 6 heteroatoms. The molecule has 4 rings (SSSR count). The van der Waals surface area contributed by atoms with Gasteiger partial charge in [-0.3, -0.25) is 0 Å². The zero-order valence-corrected chi connectivity index (χ0v) is 20.5. The van der Waals surface area contributed by atoms with Gasteiger partial charge in [-0.2, -0.15) is 0 Å². The van der Waals surface area contributed by atoms with E-state index in [4.69, 9.17) is 4.74 Å². The second-order valence-corrected chi connectivity index (χ2v) is 10.3. The molecule has 190 valence electrons. The number of rotatable bonds is 6. The van der Waals surface area contributed by atoms with Crippen LogP contribution < -0.4 is 0 Å². The lowest BCUT2D eigenvalue weighted by molar-refractivity contribution is 0.0188. The molecule has 0 aromatic heterocycles. The van der Waals surface area contributed by atoms with Gasteiger partial charge < -0.3 is 4.74 Å². The van der Waals surface area contributed by atoms with Crippen molar-refractivity contribution >= 4 is 5.97 Å². The smallest absolute Gasteiger partial charge is 0.341 e. The number of esters is 1. The number of hydrogen-bond acceptors (Lipinski definition) is 2. The van der Waals surface area contributed by atoms with Gasteiger partial charge in [0.1, 0.15) is 6.10 Å². The van der Waals surface area contributed by atoms with Gasteiger partial charge in [0.05, 0.1) is 5.56 Å². The van der Waals surface area contributed by atoms with Crippen LogP contribution in [0.25, 0.3) is 0 Å². The van der Waals surface area contributed by atoms with Crippen LogP contribution in [0.4, 0.5) is 17.6 Å².